The first kappa shape index (κ1) is 17.4. The van der Waals surface area contributed by atoms with Crippen molar-refractivity contribution < 1.29 is 12.8 Å². The molecule has 0 saturated carbocycles. The van der Waals surface area contributed by atoms with E-state index in [1.165, 1.54) is 10.4 Å². The summed E-state index contributed by atoms with van der Waals surface area (Å²) in [5.41, 5.74) is 5.79. The molecule has 0 radical (unpaired) electrons. The number of aryl methyl sites for hydroxylation is 1. The van der Waals surface area contributed by atoms with Crippen molar-refractivity contribution in [1.82, 2.24) is 4.31 Å². The molecular formula is C13H20ClFN2O2S. The fourth-order valence-electron chi connectivity index (χ4n) is 2.31. The quantitative estimate of drug-likeness (QED) is 0.924. The Kier molecular flexibility index (Phi) is 5.18. The van der Waals surface area contributed by atoms with E-state index >= 15 is 0 Å². The van der Waals surface area contributed by atoms with Crippen molar-refractivity contribution in [1.29, 1.82) is 0 Å². The fourth-order valence-corrected chi connectivity index (χ4v) is 4.04. The van der Waals surface area contributed by atoms with E-state index in [0.29, 0.717) is 31.6 Å². The first-order valence-electron chi connectivity index (χ1n) is 6.25. The Balaban J connectivity index is 0.00000200. The molecule has 0 aliphatic carbocycles. The van der Waals surface area contributed by atoms with Crippen LogP contribution in [0.1, 0.15) is 18.9 Å². The Morgan fingerprint density at radius 2 is 2.10 bits per heavy atom. The summed E-state index contributed by atoms with van der Waals surface area (Å²) in [4.78, 5) is -0.242. The van der Waals surface area contributed by atoms with Crippen LogP contribution < -0.4 is 5.73 Å². The van der Waals surface area contributed by atoms with Gasteiger partial charge in [0.25, 0.3) is 0 Å². The summed E-state index contributed by atoms with van der Waals surface area (Å²) < 4.78 is 40.2. The van der Waals surface area contributed by atoms with E-state index in [2.05, 4.69) is 0 Å². The molecule has 1 aromatic carbocycles. The first-order chi connectivity index (χ1) is 8.80. The second-order valence-electron chi connectivity index (χ2n) is 5.49. The van der Waals surface area contributed by atoms with E-state index in [9.17, 15) is 12.8 Å². The van der Waals surface area contributed by atoms with E-state index in [1.54, 1.807) is 19.1 Å². The summed E-state index contributed by atoms with van der Waals surface area (Å²) >= 11 is 0. The summed E-state index contributed by atoms with van der Waals surface area (Å²) in [5, 5.41) is 0. The summed E-state index contributed by atoms with van der Waals surface area (Å²) in [5.74, 6) is -0.663. The van der Waals surface area contributed by atoms with Crippen LogP contribution in [0.5, 0.6) is 0 Å². The molecule has 1 heterocycles. The molecule has 2 N–H and O–H groups in total. The molecule has 114 valence electrons. The molecule has 1 saturated heterocycles. The molecule has 7 heteroatoms. The van der Waals surface area contributed by atoms with Gasteiger partial charge < -0.3 is 5.73 Å². The molecule has 1 unspecified atom stereocenters. The second-order valence-corrected chi connectivity index (χ2v) is 7.40. The van der Waals surface area contributed by atoms with Gasteiger partial charge in [0, 0.05) is 13.1 Å². The highest BCUT2D eigenvalue weighted by Gasteiger charge is 2.39. The molecule has 0 spiro atoms. The van der Waals surface area contributed by atoms with E-state index in [0.717, 1.165) is 0 Å². The van der Waals surface area contributed by atoms with Gasteiger partial charge >= 0.3 is 0 Å². The smallest absolute Gasteiger partial charge is 0.246 e. The zero-order valence-corrected chi connectivity index (χ0v) is 13.2. The lowest BCUT2D eigenvalue weighted by Crippen LogP contribution is -2.34. The van der Waals surface area contributed by atoms with Crippen molar-refractivity contribution in [3.8, 4) is 0 Å². The Morgan fingerprint density at radius 3 is 2.65 bits per heavy atom. The zero-order valence-electron chi connectivity index (χ0n) is 11.6. The molecule has 20 heavy (non-hydrogen) atoms. The van der Waals surface area contributed by atoms with Gasteiger partial charge in [0.2, 0.25) is 10.0 Å². The number of rotatable bonds is 3. The lowest BCUT2D eigenvalue weighted by Gasteiger charge is -2.22. The van der Waals surface area contributed by atoms with Crippen molar-refractivity contribution in [2.75, 3.05) is 19.6 Å². The van der Waals surface area contributed by atoms with Gasteiger partial charge in [-0.1, -0.05) is 19.1 Å². The zero-order chi connectivity index (χ0) is 14.3. The van der Waals surface area contributed by atoms with E-state index < -0.39 is 15.8 Å². The Morgan fingerprint density at radius 1 is 1.45 bits per heavy atom. The van der Waals surface area contributed by atoms with E-state index in [1.807, 2.05) is 6.92 Å². The van der Waals surface area contributed by atoms with Gasteiger partial charge in [-0.2, -0.15) is 4.31 Å². The van der Waals surface area contributed by atoms with Crippen LogP contribution >= 0.6 is 12.4 Å². The van der Waals surface area contributed by atoms with Crippen LogP contribution in [0.4, 0.5) is 4.39 Å². The standard InChI is InChI=1S/C13H19FN2O2S.ClH/c1-10-4-3-5-11(12(10)14)19(17,18)16-7-6-13(2,8-15)9-16;/h3-5H,6-9,15H2,1-2H3;1H. The van der Waals surface area contributed by atoms with Crippen molar-refractivity contribution in [3.63, 3.8) is 0 Å². The monoisotopic (exact) mass is 322 g/mol. The highest BCUT2D eigenvalue weighted by molar-refractivity contribution is 7.89. The van der Waals surface area contributed by atoms with Crippen molar-refractivity contribution in [2.24, 2.45) is 11.1 Å². The predicted molar refractivity (Wildman–Crippen MR) is 78.9 cm³/mol. The van der Waals surface area contributed by atoms with Crippen LogP contribution in [0.2, 0.25) is 0 Å². The average Bonchev–Trinajstić information content (AvgIpc) is 2.77. The third kappa shape index (κ3) is 2.98. The van der Waals surface area contributed by atoms with Gasteiger partial charge in [0.15, 0.2) is 0 Å². The van der Waals surface area contributed by atoms with Crippen LogP contribution in [0.25, 0.3) is 0 Å². The Hall–Kier alpha value is -0.690. The lowest BCUT2D eigenvalue weighted by molar-refractivity contribution is 0.349. The number of benzene rings is 1. The first-order valence-corrected chi connectivity index (χ1v) is 7.69. The van der Waals surface area contributed by atoms with Crippen molar-refractivity contribution in [3.05, 3.63) is 29.6 Å². The molecule has 0 aromatic heterocycles. The molecule has 1 fully saturated rings. The number of hydrogen-bond donors (Lipinski definition) is 1. The minimum absolute atomic E-state index is 0. The minimum Gasteiger partial charge on any atom is -0.330 e. The lowest BCUT2D eigenvalue weighted by atomic mass is 9.90. The Bertz CT molecular complexity index is 594. The largest absolute Gasteiger partial charge is 0.330 e. The van der Waals surface area contributed by atoms with Gasteiger partial charge in [0.05, 0.1) is 0 Å². The highest BCUT2D eigenvalue weighted by atomic mass is 35.5. The average molecular weight is 323 g/mol. The number of nitrogens with two attached hydrogens (primary N) is 1. The fraction of sp³-hybridized carbons (Fsp3) is 0.538. The number of nitrogens with zero attached hydrogens (tertiary/aromatic N) is 1. The van der Waals surface area contributed by atoms with Gasteiger partial charge in [-0.05, 0) is 36.9 Å². The summed E-state index contributed by atoms with van der Waals surface area (Å²) in [7, 11) is -3.77. The van der Waals surface area contributed by atoms with Crippen molar-refractivity contribution >= 4 is 22.4 Å². The van der Waals surface area contributed by atoms with Crippen LogP contribution in [-0.4, -0.2) is 32.4 Å². The molecule has 4 nitrogen and oxygen atoms in total. The van der Waals surface area contributed by atoms with Crippen molar-refractivity contribution in [2.45, 2.75) is 25.2 Å². The maximum absolute atomic E-state index is 14.0. The maximum Gasteiger partial charge on any atom is 0.246 e. The van der Waals surface area contributed by atoms with Crippen LogP contribution in [-0.2, 0) is 10.0 Å². The normalized spacial score (nSPS) is 23.6. The summed E-state index contributed by atoms with van der Waals surface area (Å²) in [6.45, 7) is 4.68. The van der Waals surface area contributed by atoms with Crippen LogP contribution in [0, 0.1) is 18.2 Å². The molecule has 1 aliphatic heterocycles. The maximum atomic E-state index is 14.0. The van der Waals surface area contributed by atoms with Crippen LogP contribution in [0.15, 0.2) is 23.1 Å². The molecule has 0 bridgehead atoms. The molecule has 1 aromatic rings. The van der Waals surface area contributed by atoms with Gasteiger partial charge in [0.1, 0.15) is 10.7 Å². The molecule has 1 atom stereocenters. The highest BCUT2D eigenvalue weighted by Crippen LogP contribution is 2.33. The van der Waals surface area contributed by atoms with Gasteiger partial charge in [-0.25, -0.2) is 12.8 Å². The predicted octanol–water partition coefficient (Wildman–Crippen LogP) is 1.92. The summed E-state index contributed by atoms with van der Waals surface area (Å²) in [6, 6.07) is 4.43. The topological polar surface area (TPSA) is 63.4 Å². The van der Waals surface area contributed by atoms with E-state index in [-0.39, 0.29) is 22.7 Å². The molecule has 2 rings (SSSR count). The molecule has 0 amide bonds. The molecule has 1 aliphatic rings. The number of hydrogen-bond acceptors (Lipinski definition) is 3. The minimum atomic E-state index is -3.77. The third-order valence-corrected chi connectivity index (χ3v) is 5.65. The number of halogens is 2. The second kappa shape index (κ2) is 5.97. The molecular weight excluding hydrogens is 303 g/mol. The van der Waals surface area contributed by atoms with E-state index in [4.69, 9.17) is 5.73 Å². The SMILES string of the molecule is Cc1cccc(S(=O)(=O)N2CCC(C)(CN)C2)c1F.Cl. The Labute approximate surface area is 125 Å². The van der Waals surface area contributed by atoms with Gasteiger partial charge in [-0.3, -0.25) is 0 Å². The third-order valence-electron chi connectivity index (χ3n) is 3.79. The van der Waals surface area contributed by atoms with Crippen LogP contribution in [0.3, 0.4) is 0 Å². The number of sulfonamides is 1. The summed E-state index contributed by atoms with van der Waals surface area (Å²) in [6.07, 6.45) is 0.705. The van der Waals surface area contributed by atoms with Gasteiger partial charge in [-0.15, -0.1) is 12.4 Å².